The van der Waals surface area contributed by atoms with E-state index in [1.165, 1.54) is 257 Å². The smallest absolute Gasteiger partial charge is 0.220 e. The fraction of sp³-hybridized carbons (Fsp3) is 0.915. The van der Waals surface area contributed by atoms with Gasteiger partial charge in [-0.1, -0.05) is 276 Å². The third-order valence-electron chi connectivity index (χ3n) is 13.8. The topological polar surface area (TPSA) is 89.8 Å². The number of amides is 1. The molecular weight excluding hydrogens is 787 g/mol. The monoisotopic (exact) mass is 902 g/mol. The molecule has 0 aliphatic carbocycles. The first-order valence-corrected chi connectivity index (χ1v) is 29.1. The molecule has 4 N–H and O–H groups in total. The second kappa shape index (κ2) is 54.4. The minimum Gasteiger partial charge on any atom is -0.394 e. The van der Waals surface area contributed by atoms with Crippen molar-refractivity contribution in [3.05, 3.63) is 24.3 Å². The standard InChI is InChI=1S/C59H115NO4/c1-3-5-7-9-11-13-15-17-19-21-23-25-27-29-30-32-34-36-38-40-42-44-46-48-50-52-54-58(63)60-56(55-61)59(64)57(62)53-51-49-47-45-43-41-39-37-35-33-31-28-26-24-22-20-18-16-14-12-10-8-6-4-2/h29-30,45,47,56-57,59,61-62,64H,3-28,31-44,46,48-55H2,1-2H3,(H,60,63)/b30-29-,47-45+. The van der Waals surface area contributed by atoms with E-state index < -0.39 is 18.2 Å². The molecule has 0 aromatic heterocycles. The van der Waals surface area contributed by atoms with Gasteiger partial charge in [0.2, 0.25) is 5.91 Å². The lowest BCUT2D eigenvalue weighted by Gasteiger charge is -2.26. The van der Waals surface area contributed by atoms with Gasteiger partial charge in [0.25, 0.3) is 0 Å². The van der Waals surface area contributed by atoms with Crippen LogP contribution in [0, 0.1) is 0 Å². The lowest BCUT2D eigenvalue weighted by Crippen LogP contribution is -2.50. The molecule has 0 heterocycles. The van der Waals surface area contributed by atoms with Crippen LogP contribution in [-0.4, -0.2) is 46.1 Å². The van der Waals surface area contributed by atoms with Gasteiger partial charge in [-0.25, -0.2) is 0 Å². The molecule has 5 nitrogen and oxygen atoms in total. The fourth-order valence-corrected chi connectivity index (χ4v) is 9.28. The van der Waals surface area contributed by atoms with Gasteiger partial charge in [0.05, 0.1) is 18.8 Å². The molecule has 0 fully saturated rings. The first-order valence-electron chi connectivity index (χ1n) is 29.1. The summed E-state index contributed by atoms with van der Waals surface area (Å²) in [5.41, 5.74) is 0. The molecule has 3 unspecified atom stereocenters. The van der Waals surface area contributed by atoms with Gasteiger partial charge in [-0.2, -0.15) is 0 Å². The van der Waals surface area contributed by atoms with E-state index in [4.69, 9.17) is 0 Å². The van der Waals surface area contributed by atoms with E-state index in [2.05, 4.69) is 43.5 Å². The summed E-state index contributed by atoms with van der Waals surface area (Å²) in [6.45, 7) is 4.21. The molecule has 0 aromatic rings. The van der Waals surface area contributed by atoms with Gasteiger partial charge in [0, 0.05) is 6.42 Å². The van der Waals surface area contributed by atoms with Crippen LogP contribution in [0.15, 0.2) is 24.3 Å². The summed E-state index contributed by atoms with van der Waals surface area (Å²) < 4.78 is 0. The van der Waals surface area contributed by atoms with Crippen LogP contribution in [0.25, 0.3) is 0 Å². The third-order valence-corrected chi connectivity index (χ3v) is 13.8. The summed E-state index contributed by atoms with van der Waals surface area (Å²) in [5, 5.41) is 33.8. The highest BCUT2D eigenvalue weighted by molar-refractivity contribution is 5.76. The van der Waals surface area contributed by atoms with E-state index in [1.54, 1.807) is 0 Å². The molecular formula is C59H115NO4. The highest BCUT2D eigenvalue weighted by Crippen LogP contribution is 2.18. The van der Waals surface area contributed by atoms with Crippen molar-refractivity contribution < 1.29 is 20.1 Å². The Morgan fingerprint density at radius 3 is 0.906 bits per heavy atom. The van der Waals surface area contributed by atoms with Crippen molar-refractivity contribution in [2.45, 2.75) is 340 Å². The van der Waals surface area contributed by atoms with Crippen molar-refractivity contribution in [1.82, 2.24) is 5.32 Å². The maximum atomic E-state index is 12.5. The maximum absolute atomic E-state index is 12.5. The lowest BCUT2D eigenvalue weighted by atomic mass is 10.0. The molecule has 0 radical (unpaired) electrons. The Kier molecular flexibility index (Phi) is 53.4. The summed E-state index contributed by atoms with van der Waals surface area (Å²) in [7, 11) is 0. The lowest BCUT2D eigenvalue weighted by molar-refractivity contribution is -0.124. The van der Waals surface area contributed by atoms with Gasteiger partial charge in [-0.15, -0.1) is 0 Å². The van der Waals surface area contributed by atoms with E-state index in [0.29, 0.717) is 12.8 Å². The Balaban J connectivity index is 3.55. The summed E-state index contributed by atoms with van der Waals surface area (Å²) in [6.07, 6.45) is 69.1. The number of allylic oxidation sites excluding steroid dienone is 4. The number of nitrogens with one attached hydrogen (secondary N) is 1. The zero-order chi connectivity index (χ0) is 46.5. The molecule has 380 valence electrons. The third kappa shape index (κ3) is 48.8. The molecule has 0 saturated heterocycles. The average molecular weight is 903 g/mol. The molecule has 64 heavy (non-hydrogen) atoms. The molecule has 0 aromatic carbocycles. The zero-order valence-electron chi connectivity index (χ0n) is 43.4. The van der Waals surface area contributed by atoms with E-state index in [9.17, 15) is 20.1 Å². The van der Waals surface area contributed by atoms with E-state index in [-0.39, 0.29) is 12.5 Å². The van der Waals surface area contributed by atoms with Crippen molar-refractivity contribution >= 4 is 5.91 Å². The second-order valence-corrected chi connectivity index (χ2v) is 20.2. The molecule has 3 atom stereocenters. The first-order chi connectivity index (χ1) is 31.6. The summed E-state index contributed by atoms with van der Waals surface area (Å²) in [5.74, 6) is -0.151. The predicted octanol–water partition coefficient (Wildman–Crippen LogP) is 18.1. The minimum absolute atomic E-state index is 0.151. The van der Waals surface area contributed by atoms with E-state index in [1.807, 2.05) is 0 Å². The van der Waals surface area contributed by atoms with Gasteiger partial charge in [-0.3, -0.25) is 4.79 Å². The number of hydrogen-bond donors (Lipinski definition) is 4. The van der Waals surface area contributed by atoms with Crippen LogP contribution < -0.4 is 5.32 Å². The molecule has 0 saturated carbocycles. The maximum Gasteiger partial charge on any atom is 0.220 e. The number of rotatable bonds is 54. The SMILES string of the molecule is CCCCCCCCCCCCCC/C=C\CCCCCCCCCCCCC(=O)NC(CO)C(O)C(O)CCC/C=C/CCCCCCCCCCCCCCCCCCCCC. The van der Waals surface area contributed by atoms with Gasteiger partial charge in [0.1, 0.15) is 6.10 Å². The number of aliphatic hydroxyl groups is 3. The van der Waals surface area contributed by atoms with Crippen LogP contribution in [-0.2, 0) is 4.79 Å². The summed E-state index contributed by atoms with van der Waals surface area (Å²) in [6, 6.07) is -0.826. The van der Waals surface area contributed by atoms with Gasteiger partial charge in [-0.05, 0) is 64.2 Å². The number of carbonyl (C=O) groups excluding carboxylic acids is 1. The van der Waals surface area contributed by atoms with Crippen molar-refractivity contribution in [2.75, 3.05) is 6.61 Å². The highest BCUT2D eigenvalue weighted by atomic mass is 16.3. The van der Waals surface area contributed by atoms with Gasteiger partial charge in [0.15, 0.2) is 0 Å². The molecule has 1 amide bonds. The largest absolute Gasteiger partial charge is 0.394 e. The predicted molar refractivity (Wildman–Crippen MR) is 282 cm³/mol. The van der Waals surface area contributed by atoms with E-state index >= 15 is 0 Å². The van der Waals surface area contributed by atoms with Crippen LogP contribution in [0.5, 0.6) is 0 Å². The van der Waals surface area contributed by atoms with Crippen LogP contribution in [0.1, 0.15) is 322 Å². The molecule has 0 bridgehead atoms. The molecule has 5 heteroatoms. The van der Waals surface area contributed by atoms with Crippen LogP contribution >= 0.6 is 0 Å². The van der Waals surface area contributed by atoms with Crippen molar-refractivity contribution in [1.29, 1.82) is 0 Å². The first kappa shape index (κ1) is 62.8. The average Bonchev–Trinajstić information content (AvgIpc) is 3.30. The van der Waals surface area contributed by atoms with Crippen molar-refractivity contribution in [2.24, 2.45) is 0 Å². The molecule has 0 rings (SSSR count). The Hall–Kier alpha value is -1.17. The second-order valence-electron chi connectivity index (χ2n) is 20.2. The quantitative estimate of drug-likeness (QED) is 0.0362. The van der Waals surface area contributed by atoms with Crippen molar-refractivity contribution in [3.8, 4) is 0 Å². The van der Waals surface area contributed by atoms with Crippen LogP contribution in [0.4, 0.5) is 0 Å². The Bertz CT molecular complexity index is 951. The van der Waals surface area contributed by atoms with Crippen molar-refractivity contribution in [3.63, 3.8) is 0 Å². The minimum atomic E-state index is -1.16. The molecule has 0 aliphatic heterocycles. The number of hydrogen-bond acceptors (Lipinski definition) is 4. The highest BCUT2D eigenvalue weighted by Gasteiger charge is 2.26. The Morgan fingerprint density at radius 2 is 0.625 bits per heavy atom. The number of carbonyl (C=O) groups is 1. The Labute approximate surface area is 401 Å². The van der Waals surface area contributed by atoms with Crippen LogP contribution in [0.2, 0.25) is 0 Å². The fourth-order valence-electron chi connectivity index (χ4n) is 9.28. The Morgan fingerprint density at radius 1 is 0.375 bits per heavy atom. The normalized spacial score (nSPS) is 13.4. The van der Waals surface area contributed by atoms with Crippen LogP contribution in [0.3, 0.4) is 0 Å². The number of unbranched alkanes of at least 4 members (excludes halogenated alkanes) is 42. The van der Waals surface area contributed by atoms with Gasteiger partial charge >= 0.3 is 0 Å². The number of aliphatic hydroxyl groups excluding tert-OH is 3. The molecule has 0 aliphatic rings. The summed E-state index contributed by atoms with van der Waals surface area (Å²) in [4.78, 5) is 12.5. The summed E-state index contributed by atoms with van der Waals surface area (Å²) >= 11 is 0. The van der Waals surface area contributed by atoms with Gasteiger partial charge < -0.3 is 20.6 Å². The zero-order valence-corrected chi connectivity index (χ0v) is 43.4. The molecule has 0 spiro atoms. The van der Waals surface area contributed by atoms with E-state index in [0.717, 1.165) is 38.5 Å².